The van der Waals surface area contributed by atoms with Gasteiger partial charge < -0.3 is 10.6 Å². The summed E-state index contributed by atoms with van der Waals surface area (Å²) in [6, 6.07) is 1.83. The Bertz CT molecular complexity index is 522. The van der Waals surface area contributed by atoms with E-state index >= 15 is 0 Å². The van der Waals surface area contributed by atoms with Gasteiger partial charge in [0.05, 0.1) is 5.56 Å². The Morgan fingerprint density at radius 3 is 3.00 bits per heavy atom. The molecule has 1 atom stereocenters. The maximum Gasteiger partial charge on any atom is 0.257 e. The monoisotopic (exact) mass is 278 g/mol. The number of rotatable bonds is 1. The lowest BCUT2D eigenvalue weighted by Gasteiger charge is -2.25. The van der Waals surface area contributed by atoms with Crippen molar-refractivity contribution in [3.8, 4) is 0 Å². The first-order chi connectivity index (χ1) is 9.66. The molecule has 1 aromatic heterocycles. The predicted octanol–water partition coefficient (Wildman–Crippen LogP) is 1.11. The topological polar surface area (TPSA) is 62.5 Å². The van der Waals surface area contributed by atoms with Crippen molar-refractivity contribution in [2.45, 2.75) is 25.3 Å². The highest BCUT2D eigenvalue weighted by Crippen LogP contribution is 2.23. The van der Waals surface area contributed by atoms with Crippen molar-refractivity contribution in [1.29, 1.82) is 0 Å². The van der Waals surface area contributed by atoms with Crippen LogP contribution in [-0.4, -0.2) is 52.9 Å². The number of amides is 1. The van der Waals surface area contributed by atoms with Crippen LogP contribution < -0.4 is 5.73 Å². The van der Waals surface area contributed by atoms with E-state index in [0.29, 0.717) is 19.1 Å². The van der Waals surface area contributed by atoms with Crippen molar-refractivity contribution >= 4 is 11.7 Å². The van der Waals surface area contributed by atoms with E-state index in [1.807, 2.05) is 0 Å². The summed E-state index contributed by atoms with van der Waals surface area (Å²) in [7, 11) is 0. The number of anilines is 1. The second-order valence-electron chi connectivity index (χ2n) is 5.49. The van der Waals surface area contributed by atoms with Crippen molar-refractivity contribution in [2.24, 2.45) is 0 Å². The molecule has 0 aromatic carbocycles. The Labute approximate surface area is 117 Å². The van der Waals surface area contributed by atoms with Gasteiger partial charge in [0.1, 0.15) is 0 Å². The normalized spacial score (nSPS) is 23.4. The van der Waals surface area contributed by atoms with Crippen LogP contribution in [0.3, 0.4) is 0 Å². The molecule has 1 amide bonds. The van der Waals surface area contributed by atoms with Gasteiger partial charge in [-0.25, -0.2) is 9.37 Å². The molecule has 5 nitrogen and oxygen atoms in total. The number of nitrogen functional groups attached to an aromatic ring is 1. The fourth-order valence-electron chi connectivity index (χ4n) is 3.19. The first-order valence-corrected chi connectivity index (χ1v) is 7.10. The molecule has 0 saturated carbocycles. The van der Waals surface area contributed by atoms with Crippen molar-refractivity contribution in [2.75, 3.05) is 31.9 Å². The quantitative estimate of drug-likeness (QED) is 0.836. The average molecular weight is 278 g/mol. The zero-order valence-corrected chi connectivity index (χ0v) is 11.4. The second-order valence-corrected chi connectivity index (χ2v) is 5.49. The van der Waals surface area contributed by atoms with E-state index in [1.165, 1.54) is 18.7 Å². The predicted molar refractivity (Wildman–Crippen MR) is 73.7 cm³/mol. The van der Waals surface area contributed by atoms with Gasteiger partial charge in [-0.2, -0.15) is 0 Å². The fraction of sp³-hybridized carbons (Fsp3) is 0.571. The second kappa shape index (κ2) is 5.36. The van der Waals surface area contributed by atoms with E-state index in [-0.39, 0.29) is 17.3 Å². The molecular weight excluding hydrogens is 259 g/mol. The molecule has 0 radical (unpaired) electrons. The Balaban J connectivity index is 1.81. The van der Waals surface area contributed by atoms with Gasteiger partial charge in [-0.3, -0.25) is 9.69 Å². The highest BCUT2D eigenvalue weighted by atomic mass is 19.1. The van der Waals surface area contributed by atoms with E-state index in [9.17, 15) is 9.18 Å². The Hall–Kier alpha value is -1.69. The SMILES string of the molecule is Nc1nccc(C(=O)N2CCCN3CCCC3C2)c1F. The largest absolute Gasteiger partial charge is 0.381 e. The molecule has 1 unspecified atom stereocenters. The number of carbonyl (C=O) groups excluding carboxylic acids is 1. The van der Waals surface area contributed by atoms with Crippen LogP contribution in [0.15, 0.2) is 12.3 Å². The van der Waals surface area contributed by atoms with Crippen molar-refractivity contribution in [3.63, 3.8) is 0 Å². The lowest BCUT2D eigenvalue weighted by Crippen LogP contribution is -2.40. The first-order valence-electron chi connectivity index (χ1n) is 7.10. The Kier molecular flexibility index (Phi) is 3.56. The summed E-state index contributed by atoms with van der Waals surface area (Å²) in [4.78, 5) is 20.4. The van der Waals surface area contributed by atoms with Crippen LogP contribution in [0.2, 0.25) is 0 Å². The smallest absolute Gasteiger partial charge is 0.257 e. The molecule has 0 spiro atoms. The van der Waals surface area contributed by atoms with Gasteiger partial charge >= 0.3 is 0 Å². The molecule has 3 heterocycles. The third-order valence-corrected chi connectivity index (χ3v) is 4.24. The van der Waals surface area contributed by atoms with Gasteiger partial charge in [-0.05, 0) is 31.9 Å². The van der Waals surface area contributed by atoms with Gasteiger partial charge in [-0.15, -0.1) is 0 Å². The van der Waals surface area contributed by atoms with Crippen LogP contribution in [0.4, 0.5) is 10.2 Å². The summed E-state index contributed by atoms with van der Waals surface area (Å²) < 4.78 is 13.9. The number of halogens is 1. The molecule has 2 saturated heterocycles. The third kappa shape index (κ3) is 2.35. The lowest BCUT2D eigenvalue weighted by atomic mass is 10.1. The summed E-state index contributed by atoms with van der Waals surface area (Å²) in [6.45, 7) is 3.49. The minimum absolute atomic E-state index is 0.0314. The number of hydrogen-bond donors (Lipinski definition) is 1. The molecule has 20 heavy (non-hydrogen) atoms. The molecule has 2 fully saturated rings. The van der Waals surface area contributed by atoms with Crippen LogP contribution >= 0.6 is 0 Å². The van der Waals surface area contributed by atoms with E-state index in [1.54, 1.807) is 4.90 Å². The van der Waals surface area contributed by atoms with Crippen molar-refractivity contribution in [1.82, 2.24) is 14.8 Å². The zero-order chi connectivity index (χ0) is 14.1. The summed E-state index contributed by atoms with van der Waals surface area (Å²) >= 11 is 0. The maximum absolute atomic E-state index is 13.9. The van der Waals surface area contributed by atoms with Gasteiger partial charge in [0.25, 0.3) is 5.91 Å². The number of carbonyl (C=O) groups is 1. The lowest BCUT2D eigenvalue weighted by molar-refractivity contribution is 0.0738. The van der Waals surface area contributed by atoms with Gasteiger partial charge in [0, 0.05) is 31.9 Å². The molecule has 2 N–H and O–H groups in total. The van der Waals surface area contributed by atoms with E-state index < -0.39 is 5.82 Å². The molecule has 6 heteroatoms. The maximum atomic E-state index is 13.9. The summed E-state index contributed by atoms with van der Waals surface area (Å²) in [5, 5.41) is 0. The van der Waals surface area contributed by atoms with Crippen molar-refractivity contribution < 1.29 is 9.18 Å². The van der Waals surface area contributed by atoms with E-state index in [0.717, 1.165) is 25.9 Å². The summed E-state index contributed by atoms with van der Waals surface area (Å²) in [6.07, 6.45) is 4.61. The average Bonchev–Trinajstić information content (AvgIpc) is 2.78. The number of nitrogens with zero attached hydrogens (tertiary/aromatic N) is 3. The molecular formula is C14H19FN4O. The number of hydrogen-bond acceptors (Lipinski definition) is 4. The highest BCUT2D eigenvalue weighted by Gasteiger charge is 2.31. The van der Waals surface area contributed by atoms with E-state index in [4.69, 9.17) is 5.73 Å². The molecule has 0 bridgehead atoms. The van der Waals surface area contributed by atoms with Crippen molar-refractivity contribution in [3.05, 3.63) is 23.6 Å². The van der Waals surface area contributed by atoms with Crippen LogP contribution in [0.5, 0.6) is 0 Å². The molecule has 2 aliphatic heterocycles. The van der Waals surface area contributed by atoms with Crippen LogP contribution in [0.1, 0.15) is 29.6 Å². The minimum atomic E-state index is -0.704. The number of pyridine rings is 1. The summed E-state index contributed by atoms with van der Waals surface area (Å²) in [5.41, 5.74) is 5.47. The highest BCUT2D eigenvalue weighted by molar-refractivity contribution is 5.95. The van der Waals surface area contributed by atoms with Gasteiger partial charge in [0.15, 0.2) is 11.6 Å². The minimum Gasteiger partial charge on any atom is -0.381 e. The Morgan fingerprint density at radius 2 is 2.15 bits per heavy atom. The van der Waals surface area contributed by atoms with Gasteiger partial charge in [0.2, 0.25) is 0 Å². The number of nitrogens with two attached hydrogens (primary N) is 1. The molecule has 2 aliphatic rings. The van der Waals surface area contributed by atoms with Crippen LogP contribution in [-0.2, 0) is 0 Å². The standard InChI is InChI=1S/C14H19FN4O/c15-12-11(4-5-17-13(12)16)14(20)19-8-2-7-18-6-1-3-10(18)9-19/h4-5,10H,1-3,6-9H2,(H2,16,17). The summed E-state index contributed by atoms with van der Waals surface area (Å²) in [5.74, 6) is -1.19. The molecule has 0 aliphatic carbocycles. The number of aromatic nitrogens is 1. The zero-order valence-electron chi connectivity index (χ0n) is 11.4. The molecule has 108 valence electrons. The number of fused-ring (bicyclic) bond motifs is 1. The third-order valence-electron chi connectivity index (χ3n) is 4.24. The van der Waals surface area contributed by atoms with Crippen LogP contribution in [0.25, 0.3) is 0 Å². The van der Waals surface area contributed by atoms with Crippen LogP contribution in [0, 0.1) is 5.82 Å². The first kappa shape index (κ1) is 13.3. The fourth-order valence-corrected chi connectivity index (χ4v) is 3.19. The van der Waals surface area contributed by atoms with Gasteiger partial charge in [-0.1, -0.05) is 0 Å². The molecule has 1 aromatic rings. The van der Waals surface area contributed by atoms with E-state index in [2.05, 4.69) is 9.88 Å². The Morgan fingerprint density at radius 1 is 1.35 bits per heavy atom. The molecule has 3 rings (SSSR count).